The van der Waals surface area contributed by atoms with Gasteiger partial charge in [-0.05, 0) is 75.3 Å². The van der Waals surface area contributed by atoms with E-state index in [-0.39, 0.29) is 10.8 Å². The highest BCUT2D eigenvalue weighted by molar-refractivity contribution is 6.20. The summed E-state index contributed by atoms with van der Waals surface area (Å²) in [5.41, 5.74) is 1.97. The second kappa shape index (κ2) is 8.88. The molecule has 2 saturated heterocycles. The minimum atomic E-state index is 0.189. The van der Waals surface area contributed by atoms with Gasteiger partial charge >= 0.3 is 0 Å². The Balaban J connectivity index is 1.60. The monoisotopic (exact) mass is 466 g/mol. The normalized spacial score (nSPS) is 43.5. The van der Waals surface area contributed by atoms with Crippen LogP contribution in [0.4, 0.5) is 0 Å². The van der Waals surface area contributed by atoms with Gasteiger partial charge in [-0.3, -0.25) is 4.90 Å². The lowest BCUT2D eigenvalue weighted by Crippen LogP contribution is -2.39. The first kappa shape index (κ1) is 24.0. The van der Waals surface area contributed by atoms with Crippen LogP contribution in [0.15, 0.2) is 23.9 Å². The average Bonchev–Trinajstić information content (AvgIpc) is 3.06. The van der Waals surface area contributed by atoms with E-state index in [1.165, 1.54) is 31.4 Å². The van der Waals surface area contributed by atoms with Gasteiger partial charge in [0.2, 0.25) is 0 Å². The van der Waals surface area contributed by atoms with E-state index in [9.17, 15) is 0 Å². The highest BCUT2D eigenvalue weighted by Crippen LogP contribution is 2.54. The molecular formula is C27H44Cl2N2. The molecule has 2 aliphatic heterocycles. The first-order chi connectivity index (χ1) is 14.6. The van der Waals surface area contributed by atoms with Crippen LogP contribution in [0.5, 0.6) is 0 Å². The number of halogens is 2. The SMILES string of the molecule is CCN1C(=CC=CC2N(CC)C3CCC(Cl)CC3C2(C)C)C(C)(C)C2CC(Cl)CCC21. The van der Waals surface area contributed by atoms with E-state index < -0.39 is 0 Å². The average molecular weight is 468 g/mol. The van der Waals surface area contributed by atoms with E-state index in [0.717, 1.165) is 25.9 Å². The molecule has 2 saturated carbocycles. The van der Waals surface area contributed by atoms with E-state index in [1.807, 2.05) is 0 Å². The number of rotatable bonds is 4. The molecule has 7 unspecified atom stereocenters. The molecule has 0 spiro atoms. The maximum Gasteiger partial charge on any atom is 0.0340 e. The Morgan fingerprint density at radius 3 is 2.10 bits per heavy atom. The van der Waals surface area contributed by atoms with E-state index in [0.29, 0.717) is 40.7 Å². The van der Waals surface area contributed by atoms with Crippen molar-refractivity contribution < 1.29 is 0 Å². The summed E-state index contributed by atoms with van der Waals surface area (Å²) in [5, 5.41) is 0.705. The number of hydrogen-bond acceptors (Lipinski definition) is 2. The Hall–Kier alpha value is -0.180. The molecule has 4 fully saturated rings. The molecule has 176 valence electrons. The van der Waals surface area contributed by atoms with Crippen LogP contribution < -0.4 is 0 Å². The molecule has 2 heterocycles. The molecule has 0 bridgehead atoms. The van der Waals surface area contributed by atoms with Crippen molar-refractivity contribution >= 4 is 23.2 Å². The van der Waals surface area contributed by atoms with Crippen LogP contribution in [0.3, 0.4) is 0 Å². The van der Waals surface area contributed by atoms with E-state index in [2.05, 4.69) is 69.6 Å². The number of nitrogens with zero attached hydrogens (tertiary/aromatic N) is 2. The van der Waals surface area contributed by atoms with E-state index in [1.54, 1.807) is 0 Å². The fourth-order valence-electron chi connectivity index (χ4n) is 7.90. The van der Waals surface area contributed by atoms with Crippen molar-refractivity contribution in [1.29, 1.82) is 0 Å². The highest BCUT2D eigenvalue weighted by atomic mass is 35.5. The molecule has 0 aromatic carbocycles. The Morgan fingerprint density at radius 2 is 1.48 bits per heavy atom. The quantitative estimate of drug-likeness (QED) is 0.408. The zero-order valence-corrected chi connectivity index (χ0v) is 22.1. The summed E-state index contributed by atoms with van der Waals surface area (Å²) in [5.74, 6) is 1.37. The van der Waals surface area contributed by atoms with Crippen molar-refractivity contribution in [2.45, 2.75) is 109 Å². The lowest BCUT2D eigenvalue weighted by Gasteiger charge is -2.36. The largest absolute Gasteiger partial charge is 0.371 e. The molecule has 0 radical (unpaired) electrons. The standard InChI is InChI=1S/C27H44Cl2N2/c1-7-30-22-14-12-18(28)16-20(22)26(3,4)24(30)10-9-11-25-27(5,6)21-17-19(29)13-15-23(21)31(25)8-2/h9-11,18-24H,7-8,12-17H2,1-6H3. The predicted octanol–water partition coefficient (Wildman–Crippen LogP) is 7.07. The summed E-state index contributed by atoms with van der Waals surface area (Å²) in [6.45, 7) is 16.7. The van der Waals surface area contributed by atoms with Crippen LogP contribution in [0.1, 0.15) is 80.1 Å². The third-order valence-electron chi connectivity index (χ3n) is 9.55. The second-order valence-corrected chi connectivity index (χ2v) is 12.9. The van der Waals surface area contributed by atoms with Crippen molar-refractivity contribution in [2.24, 2.45) is 22.7 Å². The fourth-order valence-corrected chi connectivity index (χ4v) is 8.54. The number of fused-ring (bicyclic) bond motifs is 2. The Kier molecular flexibility index (Phi) is 6.86. The number of hydrogen-bond donors (Lipinski definition) is 0. The van der Waals surface area contributed by atoms with Crippen LogP contribution in [0, 0.1) is 22.7 Å². The Bertz CT molecular complexity index is 712. The number of alkyl halides is 2. The van der Waals surface area contributed by atoms with Gasteiger partial charge in [0.15, 0.2) is 0 Å². The minimum Gasteiger partial charge on any atom is -0.371 e. The van der Waals surface area contributed by atoms with Gasteiger partial charge in [-0.1, -0.05) is 46.8 Å². The number of allylic oxidation sites excluding steroid dienone is 3. The number of likely N-dealkylation sites (N-methyl/N-ethyl adjacent to an activating group) is 1. The van der Waals surface area contributed by atoms with Crippen LogP contribution in [-0.4, -0.2) is 51.8 Å². The summed E-state index contributed by atoms with van der Waals surface area (Å²) in [7, 11) is 0. The summed E-state index contributed by atoms with van der Waals surface area (Å²) < 4.78 is 0. The molecule has 7 atom stereocenters. The Morgan fingerprint density at radius 1 is 0.871 bits per heavy atom. The third-order valence-corrected chi connectivity index (χ3v) is 10.3. The zero-order valence-electron chi connectivity index (χ0n) is 20.6. The van der Waals surface area contributed by atoms with Crippen molar-refractivity contribution in [3.8, 4) is 0 Å². The van der Waals surface area contributed by atoms with Crippen LogP contribution in [0.2, 0.25) is 0 Å². The highest BCUT2D eigenvalue weighted by Gasteiger charge is 2.54. The molecule has 31 heavy (non-hydrogen) atoms. The maximum atomic E-state index is 6.61. The molecule has 0 amide bonds. The van der Waals surface area contributed by atoms with Gasteiger partial charge in [-0.25, -0.2) is 0 Å². The molecule has 2 nitrogen and oxygen atoms in total. The van der Waals surface area contributed by atoms with Gasteiger partial charge in [-0.15, -0.1) is 23.2 Å². The van der Waals surface area contributed by atoms with E-state index >= 15 is 0 Å². The summed E-state index contributed by atoms with van der Waals surface area (Å²) >= 11 is 13.2. The topological polar surface area (TPSA) is 6.48 Å². The van der Waals surface area contributed by atoms with Gasteiger partial charge in [0.1, 0.15) is 0 Å². The molecule has 4 rings (SSSR count). The summed E-state index contributed by atoms with van der Waals surface area (Å²) in [6.07, 6.45) is 14.5. The van der Waals surface area contributed by atoms with Gasteiger partial charge in [0.25, 0.3) is 0 Å². The second-order valence-electron chi connectivity index (χ2n) is 11.7. The maximum absolute atomic E-state index is 6.61. The van der Waals surface area contributed by atoms with Crippen molar-refractivity contribution in [3.05, 3.63) is 23.9 Å². The van der Waals surface area contributed by atoms with Gasteiger partial charge in [0, 0.05) is 46.5 Å². The fraction of sp³-hybridized carbons (Fsp3) is 0.852. The molecule has 0 aromatic heterocycles. The first-order valence-corrected chi connectivity index (χ1v) is 13.7. The lowest BCUT2D eigenvalue weighted by atomic mass is 9.69. The molecule has 0 N–H and O–H groups in total. The minimum absolute atomic E-state index is 0.189. The van der Waals surface area contributed by atoms with Gasteiger partial charge in [-0.2, -0.15) is 0 Å². The molecule has 4 aliphatic rings. The van der Waals surface area contributed by atoms with Crippen LogP contribution in [0.25, 0.3) is 0 Å². The molecule has 2 aliphatic carbocycles. The molecule has 0 aromatic rings. The van der Waals surface area contributed by atoms with Crippen molar-refractivity contribution in [1.82, 2.24) is 9.80 Å². The van der Waals surface area contributed by atoms with E-state index in [4.69, 9.17) is 23.2 Å². The Labute approximate surface area is 201 Å². The van der Waals surface area contributed by atoms with Crippen LogP contribution >= 0.6 is 23.2 Å². The number of likely N-dealkylation sites (tertiary alicyclic amines) is 2. The van der Waals surface area contributed by atoms with Crippen molar-refractivity contribution in [2.75, 3.05) is 13.1 Å². The van der Waals surface area contributed by atoms with Crippen LogP contribution in [-0.2, 0) is 0 Å². The predicted molar refractivity (Wildman–Crippen MR) is 135 cm³/mol. The summed E-state index contributed by atoms with van der Waals surface area (Å²) in [4.78, 5) is 5.45. The van der Waals surface area contributed by atoms with Gasteiger partial charge < -0.3 is 4.90 Å². The van der Waals surface area contributed by atoms with Gasteiger partial charge in [0.05, 0.1) is 0 Å². The first-order valence-electron chi connectivity index (χ1n) is 12.8. The third kappa shape index (κ3) is 4.01. The smallest absolute Gasteiger partial charge is 0.0340 e. The van der Waals surface area contributed by atoms with Crippen molar-refractivity contribution in [3.63, 3.8) is 0 Å². The summed E-state index contributed by atoms with van der Waals surface area (Å²) in [6, 6.07) is 1.84. The molecular weight excluding hydrogens is 423 g/mol. The molecule has 4 heteroatoms. The lowest BCUT2D eigenvalue weighted by molar-refractivity contribution is 0.172. The zero-order chi connectivity index (χ0) is 22.6.